The van der Waals surface area contributed by atoms with Crippen LogP contribution in [-0.4, -0.2) is 31.7 Å². The first-order valence-electron chi connectivity index (χ1n) is 9.10. The molecule has 1 aliphatic heterocycles. The van der Waals surface area contributed by atoms with Crippen LogP contribution in [0, 0.1) is 0 Å². The van der Waals surface area contributed by atoms with Crippen molar-refractivity contribution in [1.29, 1.82) is 0 Å². The average Bonchev–Trinajstić information content (AvgIpc) is 3.35. The van der Waals surface area contributed by atoms with E-state index in [0.29, 0.717) is 12.5 Å². The molecule has 0 N–H and O–H groups in total. The summed E-state index contributed by atoms with van der Waals surface area (Å²) in [7, 11) is 0. The molecule has 130 valence electrons. The number of nitrogens with zero attached hydrogens (tertiary/aromatic N) is 5. The number of aromatic nitrogens is 4. The van der Waals surface area contributed by atoms with E-state index in [1.54, 1.807) is 0 Å². The van der Waals surface area contributed by atoms with Gasteiger partial charge >= 0.3 is 0 Å². The monoisotopic (exact) mass is 331 g/mol. The van der Waals surface area contributed by atoms with Gasteiger partial charge in [-0.25, -0.2) is 0 Å². The van der Waals surface area contributed by atoms with Crippen molar-refractivity contribution in [2.45, 2.75) is 76.8 Å². The smallest absolute Gasteiger partial charge is 0.244 e. The third-order valence-electron chi connectivity index (χ3n) is 5.16. The van der Waals surface area contributed by atoms with E-state index >= 15 is 0 Å². The third kappa shape index (κ3) is 3.09. The standard InChI is InChI=1S/C17H25N5O2/c1-11(2)15-19-17(24-21-15)13-8-5-9-22(13)10-14-18-16(23-20-14)12-6-3-4-7-12/h11-13H,3-10H2,1-2H3/t13-/m0/s1. The zero-order chi connectivity index (χ0) is 16.5. The van der Waals surface area contributed by atoms with Crippen LogP contribution in [0.5, 0.6) is 0 Å². The van der Waals surface area contributed by atoms with Gasteiger partial charge in [-0.2, -0.15) is 9.97 Å². The molecule has 0 bridgehead atoms. The summed E-state index contributed by atoms with van der Waals surface area (Å²) in [4.78, 5) is 11.5. The molecule has 1 atom stereocenters. The van der Waals surface area contributed by atoms with Gasteiger partial charge in [-0.1, -0.05) is 37.0 Å². The van der Waals surface area contributed by atoms with Gasteiger partial charge in [0.25, 0.3) is 0 Å². The molecule has 24 heavy (non-hydrogen) atoms. The van der Waals surface area contributed by atoms with Gasteiger partial charge in [-0.05, 0) is 32.2 Å². The predicted molar refractivity (Wildman–Crippen MR) is 86.3 cm³/mol. The molecular weight excluding hydrogens is 306 g/mol. The van der Waals surface area contributed by atoms with Crippen LogP contribution in [0.4, 0.5) is 0 Å². The normalized spacial score (nSPS) is 22.9. The maximum absolute atomic E-state index is 5.50. The highest BCUT2D eigenvalue weighted by Gasteiger charge is 2.32. The van der Waals surface area contributed by atoms with Crippen LogP contribution in [0.1, 0.15) is 93.7 Å². The van der Waals surface area contributed by atoms with Crippen molar-refractivity contribution in [2.24, 2.45) is 0 Å². The van der Waals surface area contributed by atoms with E-state index in [2.05, 4.69) is 39.0 Å². The van der Waals surface area contributed by atoms with E-state index in [1.807, 2.05) is 0 Å². The minimum atomic E-state index is 0.165. The molecule has 1 aliphatic carbocycles. The lowest BCUT2D eigenvalue weighted by atomic mass is 10.1. The molecule has 0 amide bonds. The molecule has 2 fully saturated rings. The largest absolute Gasteiger partial charge is 0.339 e. The van der Waals surface area contributed by atoms with Gasteiger partial charge in [0.2, 0.25) is 11.8 Å². The topological polar surface area (TPSA) is 81.1 Å². The Balaban J connectivity index is 1.45. The molecule has 2 aromatic heterocycles. The molecular formula is C17H25N5O2. The predicted octanol–water partition coefficient (Wildman–Crippen LogP) is 3.57. The van der Waals surface area contributed by atoms with Gasteiger partial charge in [0.05, 0.1) is 12.6 Å². The SMILES string of the molecule is CC(C)c1noc([C@@H]2CCCN2Cc2noc(C3CCCC3)n2)n1. The van der Waals surface area contributed by atoms with E-state index in [0.717, 1.165) is 42.8 Å². The molecule has 1 saturated carbocycles. The summed E-state index contributed by atoms with van der Waals surface area (Å²) in [5.41, 5.74) is 0. The third-order valence-corrected chi connectivity index (χ3v) is 5.16. The highest BCUT2D eigenvalue weighted by atomic mass is 16.5. The van der Waals surface area contributed by atoms with Crippen LogP contribution in [0.3, 0.4) is 0 Å². The fourth-order valence-electron chi connectivity index (χ4n) is 3.76. The summed E-state index contributed by atoms with van der Waals surface area (Å²) in [5.74, 6) is 3.83. The summed E-state index contributed by atoms with van der Waals surface area (Å²) >= 11 is 0. The van der Waals surface area contributed by atoms with Gasteiger partial charge in [0, 0.05) is 11.8 Å². The van der Waals surface area contributed by atoms with Gasteiger partial charge in [0.15, 0.2) is 11.6 Å². The van der Waals surface area contributed by atoms with Crippen molar-refractivity contribution in [3.05, 3.63) is 23.4 Å². The Morgan fingerprint density at radius 2 is 1.79 bits per heavy atom. The second-order valence-corrected chi connectivity index (χ2v) is 7.30. The summed E-state index contributed by atoms with van der Waals surface area (Å²) in [6, 6.07) is 0.165. The van der Waals surface area contributed by atoms with E-state index in [4.69, 9.17) is 9.05 Å². The van der Waals surface area contributed by atoms with Crippen molar-refractivity contribution in [1.82, 2.24) is 25.2 Å². The Kier molecular flexibility index (Phi) is 4.35. The van der Waals surface area contributed by atoms with E-state index < -0.39 is 0 Å². The molecule has 7 heteroatoms. The fourth-order valence-corrected chi connectivity index (χ4v) is 3.76. The van der Waals surface area contributed by atoms with Gasteiger partial charge in [-0.15, -0.1) is 0 Å². The Morgan fingerprint density at radius 1 is 1.00 bits per heavy atom. The highest BCUT2D eigenvalue weighted by Crippen LogP contribution is 2.34. The van der Waals surface area contributed by atoms with Crippen LogP contribution < -0.4 is 0 Å². The quantitative estimate of drug-likeness (QED) is 0.828. The van der Waals surface area contributed by atoms with Crippen LogP contribution in [0.15, 0.2) is 9.05 Å². The first-order chi connectivity index (χ1) is 11.7. The molecule has 4 rings (SSSR count). The van der Waals surface area contributed by atoms with Crippen molar-refractivity contribution in [2.75, 3.05) is 6.54 Å². The number of hydrogen-bond donors (Lipinski definition) is 0. The first-order valence-corrected chi connectivity index (χ1v) is 9.10. The second kappa shape index (κ2) is 6.63. The zero-order valence-electron chi connectivity index (χ0n) is 14.4. The number of rotatable bonds is 5. The van der Waals surface area contributed by atoms with Crippen molar-refractivity contribution < 1.29 is 9.05 Å². The highest BCUT2D eigenvalue weighted by molar-refractivity contribution is 5.01. The Labute approximate surface area is 141 Å². The van der Waals surface area contributed by atoms with Crippen LogP contribution >= 0.6 is 0 Å². The first kappa shape index (κ1) is 15.7. The Bertz CT molecular complexity index is 674. The number of likely N-dealkylation sites (tertiary alicyclic amines) is 1. The Morgan fingerprint density at radius 3 is 2.54 bits per heavy atom. The van der Waals surface area contributed by atoms with Gasteiger partial charge in [0.1, 0.15) is 0 Å². The lowest BCUT2D eigenvalue weighted by molar-refractivity contribution is 0.194. The van der Waals surface area contributed by atoms with Crippen LogP contribution in [0.2, 0.25) is 0 Å². The molecule has 0 unspecified atom stereocenters. The Hall–Kier alpha value is -1.76. The van der Waals surface area contributed by atoms with E-state index in [9.17, 15) is 0 Å². The maximum Gasteiger partial charge on any atom is 0.244 e. The summed E-state index contributed by atoms with van der Waals surface area (Å²) in [5, 5.41) is 8.29. The van der Waals surface area contributed by atoms with E-state index in [-0.39, 0.29) is 12.0 Å². The fraction of sp³-hybridized carbons (Fsp3) is 0.765. The minimum absolute atomic E-state index is 0.165. The van der Waals surface area contributed by atoms with Crippen molar-refractivity contribution in [3.63, 3.8) is 0 Å². The summed E-state index contributed by atoms with van der Waals surface area (Å²) < 4.78 is 11.0. The molecule has 2 aliphatic rings. The molecule has 0 aromatic carbocycles. The van der Waals surface area contributed by atoms with Crippen molar-refractivity contribution in [3.8, 4) is 0 Å². The molecule has 7 nitrogen and oxygen atoms in total. The molecule has 3 heterocycles. The summed E-state index contributed by atoms with van der Waals surface area (Å²) in [6.45, 7) is 5.83. The van der Waals surface area contributed by atoms with E-state index in [1.165, 1.54) is 25.7 Å². The molecule has 2 aromatic rings. The second-order valence-electron chi connectivity index (χ2n) is 7.30. The molecule has 0 spiro atoms. The maximum atomic E-state index is 5.50. The summed E-state index contributed by atoms with van der Waals surface area (Å²) in [6.07, 6.45) is 7.05. The number of hydrogen-bond acceptors (Lipinski definition) is 7. The lowest BCUT2D eigenvalue weighted by Crippen LogP contribution is -2.23. The van der Waals surface area contributed by atoms with Gasteiger partial charge < -0.3 is 9.05 Å². The zero-order valence-corrected chi connectivity index (χ0v) is 14.4. The molecule has 0 radical (unpaired) electrons. The van der Waals surface area contributed by atoms with Gasteiger partial charge in [-0.3, -0.25) is 4.90 Å². The average molecular weight is 331 g/mol. The lowest BCUT2D eigenvalue weighted by Gasteiger charge is -2.19. The van der Waals surface area contributed by atoms with Crippen molar-refractivity contribution >= 4 is 0 Å². The minimum Gasteiger partial charge on any atom is -0.339 e. The van der Waals surface area contributed by atoms with Crippen LogP contribution in [-0.2, 0) is 6.54 Å². The molecule has 1 saturated heterocycles. The van der Waals surface area contributed by atoms with Crippen LogP contribution in [0.25, 0.3) is 0 Å².